The average Bonchev–Trinajstić information content (AvgIpc) is 3.18. The van der Waals surface area contributed by atoms with E-state index in [0.717, 1.165) is 18.5 Å². The molecule has 3 heterocycles. The van der Waals surface area contributed by atoms with E-state index in [9.17, 15) is 9.59 Å². The molecule has 7 nitrogen and oxygen atoms in total. The number of carbonyl (C=O) groups excluding carboxylic acids is 2. The standard InChI is InChI=1S/C19H24N4O3/c1-3-16-13(9-11-26-16)19(25)21-14-6-7-17(24)23(12-4-5-12)18(14)15-8-10-20-22(15)2/h8-12,14,18H,3-7H2,1-2H3,(H,21,25)/t14-,18-/m1/s1. The summed E-state index contributed by atoms with van der Waals surface area (Å²) in [6.07, 6.45) is 7.10. The van der Waals surface area contributed by atoms with Gasteiger partial charge in [-0.15, -0.1) is 0 Å². The molecule has 2 atom stereocenters. The van der Waals surface area contributed by atoms with Gasteiger partial charge in [0.2, 0.25) is 5.91 Å². The van der Waals surface area contributed by atoms with Crippen LogP contribution in [0.3, 0.4) is 0 Å². The minimum atomic E-state index is -0.183. The number of furan rings is 1. The molecule has 26 heavy (non-hydrogen) atoms. The van der Waals surface area contributed by atoms with Crippen LogP contribution in [0.2, 0.25) is 0 Å². The average molecular weight is 356 g/mol. The van der Waals surface area contributed by atoms with Crippen molar-refractivity contribution in [1.82, 2.24) is 20.0 Å². The van der Waals surface area contributed by atoms with E-state index in [1.807, 2.05) is 24.9 Å². The fourth-order valence-electron chi connectivity index (χ4n) is 3.94. The third kappa shape index (κ3) is 2.91. The zero-order chi connectivity index (χ0) is 18.3. The first kappa shape index (κ1) is 16.9. The molecule has 2 fully saturated rings. The van der Waals surface area contributed by atoms with Gasteiger partial charge in [0, 0.05) is 32.1 Å². The topological polar surface area (TPSA) is 80.4 Å². The maximum atomic E-state index is 12.8. The molecule has 2 aromatic heterocycles. The summed E-state index contributed by atoms with van der Waals surface area (Å²) in [6, 6.07) is 3.60. The molecule has 2 aromatic rings. The zero-order valence-corrected chi connectivity index (χ0v) is 15.1. The highest BCUT2D eigenvalue weighted by Crippen LogP contribution is 2.40. The first-order valence-electron chi connectivity index (χ1n) is 9.26. The number of carbonyl (C=O) groups is 2. The summed E-state index contributed by atoms with van der Waals surface area (Å²) in [5.74, 6) is 0.713. The van der Waals surface area contributed by atoms with E-state index in [0.29, 0.717) is 30.6 Å². The Kier molecular flexibility index (Phi) is 4.30. The van der Waals surface area contributed by atoms with Crippen LogP contribution in [0.25, 0.3) is 0 Å². The number of aromatic nitrogens is 2. The quantitative estimate of drug-likeness (QED) is 0.891. The van der Waals surface area contributed by atoms with Gasteiger partial charge in [0.25, 0.3) is 5.91 Å². The fourth-order valence-corrected chi connectivity index (χ4v) is 3.94. The summed E-state index contributed by atoms with van der Waals surface area (Å²) in [4.78, 5) is 27.4. The van der Waals surface area contributed by atoms with Gasteiger partial charge in [0.15, 0.2) is 0 Å². The van der Waals surface area contributed by atoms with Crippen molar-refractivity contribution in [1.29, 1.82) is 0 Å². The van der Waals surface area contributed by atoms with Crippen LogP contribution in [0.4, 0.5) is 0 Å². The lowest BCUT2D eigenvalue weighted by Gasteiger charge is -2.41. The molecular formula is C19H24N4O3. The Hall–Kier alpha value is -2.57. The molecule has 2 aliphatic rings. The Bertz CT molecular complexity index is 820. The predicted molar refractivity (Wildman–Crippen MR) is 94.4 cm³/mol. The van der Waals surface area contributed by atoms with Crippen LogP contribution in [-0.4, -0.2) is 38.6 Å². The van der Waals surface area contributed by atoms with Crippen molar-refractivity contribution in [2.24, 2.45) is 7.05 Å². The van der Waals surface area contributed by atoms with E-state index in [1.165, 1.54) is 0 Å². The third-order valence-corrected chi connectivity index (χ3v) is 5.37. The van der Waals surface area contributed by atoms with Crippen LogP contribution in [0.15, 0.2) is 29.0 Å². The number of amides is 2. The van der Waals surface area contributed by atoms with Crippen LogP contribution in [0, 0.1) is 0 Å². The number of hydrogen-bond acceptors (Lipinski definition) is 4. The SMILES string of the molecule is CCc1occc1C(=O)N[C@@H]1CCC(=O)N(C2CC2)[C@H]1c1ccnn1C. The van der Waals surface area contributed by atoms with E-state index >= 15 is 0 Å². The summed E-state index contributed by atoms with van der Waals surface area (Å²) in [5.41, 5.74) is 1.53. The number of nitrogens with zero attached hydrogens (tertiary/aromatic N) is 3. The van der Waals surface area contributed by atoms with Crippen molar-refractivity contribution in [3.05, 3.63) is 41.6 Å². The third-order valence-electron chi connectivity index (χ3n) is 5.37. The smallest absolute Gasteiger partial charge is 0.255 e. The Labute approximate surface area is 152 Å². The first-order chi connectivity index (χ1) is 12.6. The molecule has 0 aromatic carbocycles. The molecule has 1 aliphatic heterocycles. The molecule has 1 N–H and O–H groups in total. The van der Waals surface area contributed by atoms with Gasteiger partial charge in [0.05, 0.1) is 29.6 Å². The summed E-state index contributed by atoms with van der Waals surface area (Å²) in [5, 5.41) is 7.43. The molecule has 1 saturated carbocycles. The van der Waals surface area contributed by atoms with E-state index in [-0.39, 0.29) is 29.9 Å². The highest BCUT2D eigenvalue weighted by molar-refractivity contribution is 5.95. The minimum absolute atomic E-state index is 0.141. The van der Waals surface area contributed by atoms with Crippen molar-refractivity contribution >= 4 is 11.8 Å². The van der Waals surface area contributed by atoms with E-state index in [1.54, 1.807) is 23.2 Å². The Morgan fingerprint density at radius 1 is 1.35 bits per heavy atom. The van der Waals surface area contributed by atoms with Crippen LogP contribution in [-0.2, 0) is 18.3 Å². The van der Waals surface area contributed by atoms with Crippen molar-refractivity contribution < 1.29 is 14.0 Å². The van der Waals surface area contributed by atoms with Crippen molar-refractivity contribution in [2.75, 3.05) is 0 Å². The summed E-state index contributed by atoms with van der Waals surface area (Å²) >= 11 is 0. The lowest BCUT2D eigenvalue weighted by molar-refractivity contribution is -0.138. The number of piperidine rings is 1. The monoisotopic (exact) mass is 356 g/mol. The number of rotatable bonds is 5. The molecule has 0 bridgehead atoms. The molecule has 2 amide bonds. The normalized spacial score (nSPS) is 23.3. The van der Waals surface area contributed by atoms with E-state index in [4.69, 9.17) is 4.42 Å². The lowest BCUT2D eigenvalue weighted by atomic mass is 9.92. The molecule has 0 radical (unpaired) electrons. The van der Waals surface area contributed by atoms with Crippen LogP contribution in [0.1, 0.15) is 60.5 Å². The van der Waals surface area contributed by atoms with Crippen molar-refractivity contribution in [3.63, 3.8) is 0 Å². The second-order valence-electron chi connectivity index (χ2n) is 7.09. The predicted octanol–water partition coefficient (Wildman–Crippen LogP) is 2.20. The lowest BCUT2D eigenvalue weighted by Crippen LogP contribution is -2.53. The first-order valence-corrected chi connectivity index (χ1v) is 9.26. The maximum absolute atomic E-state index is 12.8. The number of aryl methyl sites for hydroxylation is 2. The number of nitrogens with one attached hydrogen (secondary N) is 1. The summed E-state index contributed by atoms with van der Waals surface area (Å²) in [7, 11) is 1.88. The molecule has 7 heteroatoms. The summed E-state index contributed by atoms with van der Waals surface area (Å²) < 4.78 is 7.19. The highest BCUT2D eigenvalue weighted by Gasteiger charge is 2.45. The molecule has 138 valence electrons. The van der Waals surface area contributed by atoms with Gasteiger partial charge < -0.3 is 14.6 Å². The van der Waals surface area contributed by atoms with Gasteiger partial charge in [-0.1, -0.05) is 6.92 Å². The van der Waals surface area contributed by atoms with Gasteiger partial charge in [-0.05, 0) is 31.4 Å². The van der Waals surface area contributed by atoms with Gasteiger partial charge in [-0.25, -0.2) is 0 Å². The number of hydrogen-bond donors (Lipinski definition) is 1. The van der Waals surface area contributed by atoms with Gasteiger partial charge in [-0.3, -0.25) is 14.3 Å². The van der Waals surface area contributed by atoms with Gasteiger partial charge >= 0.3 is 0 Å². The number of likely N-dealkylation sites (tertiary alicyclic amines) is 1. The fraction of sp³-hybridized carbons (Fsp3) is 0.526. The minimum Gasteiger partial charge on any atom is -0.469 e. The van der Waals surface area contributed by atoms with Crippen LogP contribution in [0.5, 0.6) is 0 Å². The molecular weight excluding hydrogens is 332 g/mol. The second-order valence-corrected chi connectivity index (χ2v) is 7.09. The van der Waals surface area contributed by atoms with E-state index in [2.05, 4.69) is 10.4 Å². The second kappa shape index (κ2) is 6.63. The Morgan fingerprint density at radius 3 is 2.81 bits per heavy atom. The van der Waals surface area contributed by atoms with E-state index < -0.39 is 0 Å². The Morgan fingerprint density at radius 2 is 2.15 bits per heavy atom. The molecule has 1 aliphatic carbocycles. The molecule has 1 saturated heterocycles. The molecule has 4 rings (SSSR count). The van der Waals surface area contributed by atoms with Crippen molar-refractivity contribution in [3.8, 4) is 0 Å². The maximum Gasteiger partial charge on any atom is 0.255 e. The largest absolute Gasteiger partial charge is 0.469 e. The Balaban J connectivity index is 1.63. The highest BCUT2D eigenvalue weighted by atomic mass is 16.3. The van der Waals surface area contributed by atoms with Crippen LogP contribution < -0.4 is 5.32 Å². The van der Waals surface area contributed by atoms with Crippen LogP contribution >= 0.6 is 0 Å². The molecule has 0 spiro atoms. The van der Waals surface area contributed by atoms with Crippen molar-refractivity contribution in [2.45, 2.75) is 57.2 Å². The summed E-state index contributed by atoms with van der Waals surface area (Å²) in [6.45, 7) is 1.96. The van der Waals surface area contributed by atoms with Gasteiger partial charge in [0.1, 0.15) is 5.76 Å². The van der Waals surface area contributed by atoms with Gasteiger partial charge in [-0.2, -0.15) is 5.10 Å². The molecule has 0 unspecified atom stereocenters. The zero-order valence-electron chi connectivity index (χ0n) is 15.1.